The highest BCUT2D eigenvalue weighted by Gasteiger charge is 2.55. The van der Waals surface area contributed by atoms with Gasteiger partial charge < -0.3 is 9.88 Å². The Bertz CT molecular complexity index is 1080. The summed E-state index contributed by atoms with van der Waals surface area (Å²) in [6.45, 7) is 9.80. The molecule has 1 aromatic heterocycles. The van der Waals surface area contributed by atoms with Crippen LogP contribution in [-0.2, 0) is 4.79 Å². The summed E-state index contributed by atoms with van der Waals surface area (Å²) < 4.78 is 2.05. The molecule has 0 unspecified atom stereocenters. The molecule has 1 aliphatic carbocycles. The fraction of sp³-hybridized carbons (Fsp3) is 0.480. The van der Waals surface area contributed by atoms with Crippen LogP contribution in [0.3, 0.4) is 0 Å². The van der Waals surface area contributed by atoms with Gasteiger partial charge in [-0.15, -0.1) is 0 Å². The van der Waals surface area contributed by atoms with E-state index in [2.05, 4.69) is 35.9 Å². The Balaban J connectivity index is 1.60. The normalized spacial score (nSPS) is 23.5. The van der Waals surface area contributed by atoms with Crippen LogP contribution in [0.15, 0.2) is 24.3 Å². The van der Waals surface area contributed by atoms with Crippen molar-refractivity contribution in [3.05, 3.63) is 52.3 Å². The first-order valence-corrected chi connectivity index (χ1v) is 11.1. The zero-order valence-corrected chi connectivity index (χ0v) is 19.0. The van der Waals surface area contributed by atoms with E-state index in [0.717, 1.165) is 41.2 Å². The predicted octanol–water partition coefficient (Wildman–Crippen LogP) is 4.39. The SMILES string of the molecule is Cc1ccc(-n2c(C)cc(C(=O)CN3C(=O)N[C@]4(CCCC[C@@H]4C)C3=O)c2C)cc1C. The minimum atomic E-state index is -0.841. The van der Waals surface area contributed by atoms with Crippen LogP contribution in [0.4, 0.5) is 4.79 Å². The van der Waals surface area contributed by atoms with Gasteiger partial charge in [-0.3, -0.25) is 14.5 Å². The number of Topliss-reactive ketones (excluding diaryl/α,β-unsaturated/α-hetero) is 1. The van der Waals surface area contributed by atoms with Crippen LogP contribution in [-0.4, -0.2) is 39.3 Å². The molecule has 0 bridgehead atoms. The maximum atomic E-state index is 13.2. The first-order valence-electron chi connectivity index (χ1n) is 11.1. The van der Waals surface area contributed by atoms with Crippen molar-refractivity contribution >= 4 is 17.7 Å². The molecule has 1 saturated heterocycles. The van der Waals surface area contributed by atoms with Crippen LogP contribution < -0.4 is 5.32 Å². The summed E-state index contributed by atoms with van der Waals surface area (Å²) in [4.78, 5) is 40.2. The molecule has 3 amide bonds. The Morgan fingerprint density at radius 1 is 1.10 bits per heavy atom. The van der Waals surface area contributed by atoms with Gasteiger partial charge in [0, 0.05) is 22.6 Å². The predicted molar refractivity (Wildman–Crippen MR) is 120 cm³/mol. The lowest BCUT2D eigenvalue weighted by Crippen LogP contribution is -2.54. The maximum absolute atomic E-state index is 13.2. The maximum Gasteiger partial charge on any atom is 0.325 e. The molecule has 6 heteroatoms. The van der Waals surface area contributed by atoms with Gasteiger partial charge in [0.25, 0.3) is 5.91 Å². The number of aryl methyl sites for hydroxylation is 3. The Morgan fingerprint density at radius 3 is 2.52 bits per heavy atom. The second kappa shape index (κ2) is 7.66. The number of ketones is 1. The van der Waals surface area contributed by atoms with Gasteiger partial charge in [0.15, 0.2) is 5.78 Å². The molecule has 1 spiro atoms. The van der Waals surface area contributed by atoms with Gasteiger partial charge in [0.2, 0.25) is 0 Å². The van der Waals surface area contributed by atoms with E-state index < -0.39 is 11.6 Å². The monoisotopic (exact) mass is 421 g/mol. The van der Waals surface area contributed by atoms with Crippen molar-refractivity contribution in [3.8, 4) is 5.69 Å². The number of carbonyl (C=O) groups is 3. The topological polar surface area (TPSA) is 71.4 Å². The minimum absolute atomic E-state index is 0.0765. The van der Waals surface area contributed by atoms with Crippen molar-refractivity contribution in [1.29, 1.82) is 0 Å². The third-order valence-electron chi connectivity index (χ3n) is 7.28. The second-order valence-corrected chi connectivity index (χ2v) is 9.25. The lowest BCUT2D eigenvalue weighted by molar-refractivity contribution is -0.133. The standard InChI is InChI=1S/C25H31N3O3/c1-15-9-10-20(12-16(15)2)28-18(4)13-21(19(28)5)22(29)14-27-23(30)25(26-24(27)31)11-7-6-8-17(25)3/h9-10,12-13,17H,6-8,11,14H2,1-5H3,(H,26,31)/t17-,25-/m0/s1. The number of carbonyl (C=O) groups excluding carboxylic acids is 3. The van der Waals surface area contributed by atoms with E-state index in [9.17, 15) is 14.4 Å². The van der Waals surface area contributed by atoms with Gasteiger partial charge in [-0.05, 0) is 75.8 Å². The summed E-state index contributed by atoms with van der Waals surface area (Å²) in [5.74, 6) is -0.388. The van der Waals surface area contributed by atoms with E-state index in [-0.39, 0.29) is 24.2 Å². The smallest absolute Gasteiger partial charge is 0.323 e. The van der Waals surface area contributed by atoms with E-state index in [1.165, 1.54) is 11.1 Å². The van der Waals surface area contributed by atoms with Crippen LogP contribution in [0.25, 0.3) is 5.69 Å². The van der Waals surface area contributed by atoms with Gasteiger partial charge in [0.1, 0.15) is 5.54 Å². The molecular formula is C25H31N3O3. The average molecular weight is 422 g/mol. The summed E-state index contributed by atoms with van der Waals surface area (Å²) in [5, 5.41) is 2.92. The zero-order valence-electron chi connectivity index (χ0n) is 19.0. The fourth-order valence-electron chi connectivity index (χ4n) is 5.17. The number of nitrogens with zero attached hydrogens (tertiary/aromatic N) is 2. The average Bonchev–Trinajstić information content (AvgIpc) is 3.15. The molecule has 1 aliphatic heterocycles. The Hall–Kier alpha value is -2.89. The van der Waals surface area contributed by atoms with Crippen molar-refractivity contribution in [1.82, 2.24) is 14.8 Å². The summed E-state index contributed by atoms with van der Waals surface area (Å²) in [6, 6.07) is 7.63. The molecule has 1 saturated carbocycles. The van der Waals surface area contributed by atoms with Crippen LogP contribution >= 0.6 is 0 Å². The first kappa shape index (κ1) is 21.3. The quantitative estimate of drug-likeness (QED) is 0.588. The van der Waals surface area contributed by atoms with Gasteiger partial charge in [-0.2, -0.15) is 0 Å². The molecule has 6 nitrogen and oxygen atoms in total. The molecule has 4 rings (SSSR count). The molecule has 2 heterocycles. The lowest BCUT2D eigenvalue weighted by Gasteiger charge is -2.36. The van der Waals surface area contributed by atoms with Crippen LogP contribution in [0.1, 0.15) is 65.5 Å². The Morgan fingerprint density at radius 2 is 1.84 bits per heavy atom. The van der Waals surface area contributed by atoms with E-state index in [0.29, 0.717) is 12.0 Å². The number of imide groups is 1. The Kier molecular flexibility index (Phi) is 5.28. The molecule has 2 atom stereocenters. The number of amides is 3. The number of benzene rings is 1. The van der Waals surface area contributed by atoms with Gasteiger partial charge in [-0.25, -0.2) is 4.79 Å². The summed E-state index contributed by atoms with van der Waals surface area (Å²) in [7, 11) is 0. The summed E-state index contributed by atoms with van der Waals surface area (Å²) >= 11 is 0. The number of rotatable bonds is 4. The van der Waals surface area contributed by atoms with Gasteiger partial charge >= 0.3 is 6.03 Å². The molecule has 1 aromatic carbocycles. The molecule has 2 fully saturated rings. The summed E-state index contributed by atoms with van der Waals surface area (Å²) in [6.07, 6.45) is 3.53. The highest BCUT2D eigenvalue weighted by Crippen LogP contribution is 2.38. The second-order valence-electron chi connectivity index (χ2n) is 9.25. The largest absolute Gasteiger partial charge is 0.325 e. The van der Waals surface area contributed by atoms with Crippen LogP contribution in [0.2, 0.25) is 0 Å². The van der Waals surface area contributed by atoms with Crippen molar-refractivity contribution < 1.29 is 14.4 Å². The molecule has 2 aliphatic rings. The first-order chi connectivity index (χ1) is 14.7. The van der Waals surface area contributed by atoms with Crippen molar-refractivity contribution in [2.75, 3.05) is 6.54 Å². The van der Waals surface area contributed by atoms with Gasteiger partial charge in [-0.1, -0.05) is 25.8 Å². The molecule has 164 valence electrons. The Labute approximate surface area is 183 Å². The van der Waals surface area contributed by atoms with E-state index in [1.54, 1.807) is 0 Å². The minimum Gasteiger partial charge on any atom is -0.323 e. The van der Waals surface area contributed by atoms with E-state index in [4.69, 9.17) is 0 Å². The fourth-order valence-corrected chi connectivity index (χ4v) is 5.17. The third-order valence-corrected chi connectivity index (χ3v) is 7.28. The van der Waals surface area contributed by atoms with Crippen molar-refractivity contribution in [2.45, 2.75) is 65.8 Å². The summed E-state index contributed by atoms with van der Waals surface area (Å²) in [5.41, 5.74) is 4.87. The molecular weight excluding hydrogens is 390 g/mol. The highest BCUT2D eigenvalue weighted by atomic mass is 16.2. The molecule has 1 N–H and O–H groups in total. The number of urea groups is 1. The van der Waals surface area contributed by atoms with Crippen molar-refractivity contribution in [3.63, 3.8) is 0 Å². The number of hydrogen-bond donors (Lipinski definition) is 1. The zero-order chi connectivity index (χ0) is 22.5. The van der Waals surface area contributed by atoms with Crippen LogP contribution in [0.5, 0.6) is 0 Å². The molecule has 0 radical (unpaired) electrons. The lowest BCUT2D eigenvalue weighted by atomic mass is 9.73. The number of aromatic nitrogens is 1. The number of hydrogen-bond acceptors (Lipinski definition) is 3. The highest BCUT2D eigenvalue weighted by molar-refractivity contribution is 6.11. The molecule has 2 aromatic rings. The third kappa shape index (κ3) is 3.38. The van der Waals surface area contributed by atoms with Crippen molar-refractivity contribution in [2.24, 2.45) is 5.92 Å². The van der Waals surface area contributed by atoms with Crippen LogP contribution in [0, 0.1) is 33.6 Å². The molecule has 31 heavy (non-hydrogen) atoms. The van der Waals surface area contributed by atoms with E-state index in [1.807, 2.05) is 32.9 Å². The van der Waals surface area contributed by atoms with Gasteiger partial charge in [0.05, 0.1) is 6.54 Å². The number of nitrogens with one attached hydrogen (secondary N) is 1. The van der Waals surface area contributed by atoms with E-state index >= 15 is 0 Å².